The zero-order valence-electron chi connectivity index (χ0n) is 11.5. The van der Waals surface area contributed by atoms with Crippen molar-refractivity contribution in [3.05, 3.63) is 29.3 Å². The van der Waals surface area contributed by atoms with Crippen LogP contribution in [0.2, 0.25) is 0 Å². The van der Waals surface area contributed by atoms with Gasteiger partial charge in [0.15, 0.2) is 0 Å². The molecule has 1 atom stereocenters. The molecule has 0 heterocycles. The van der Waals surface area contributed by atoms with Crippen LogP contribution in [0.5, 0.6) is 5.75 Å². The van der Waals surface area contributed by atoms with E-state index in [1.165, 1.54) is 0 Å². The lowest BCUT2D eigenvalue weighted by Gasteiger charge is -2.27. The molecule has 0 aromatic heterocycles. The van der Waals surface area contributed by atoms with Gasteiger partial charge < -0.3 is 9.84 Å². The Morgan fingerprint density at radius 2 is 2.26 bits per heavy atom. The number of aryl methyl sites for hydroxylation is 1. The molecule has 0 aliphatic heterocycles. The van der Waals surface area contributed by atoms with E-state index in [9.17, 15) is 4.79 Å². The molecule has 0 aliphatic rings. The normalized spacial score (nSPS) is 11.9. The lowest BCUT2D eigenvalue weighted by Crippen LogP contribution is -2.33. The highest BCUT2D eigenvalue weighted by atomic mass is 16.5. The van der Waals surface area contributed by atoms with Crippen LogP contribution in [-0.4, -0.2) is 36.2 Å². The maximum atomic E-state index is 10.9. The number of hydrogen-bond acceptors (Lipinski definition) is 3. The van der Waals surface area contributed by atoms with Crippen molar-refractivity contribution in [3.8, 4) is 18.1 Å². The van der Waals surface area contributed by atoms with Crippen molar-refractivity contribution in [2.24, 2.45) is 0 Å². The minimum absolute atomic E-state index is 0.0948. The molecule has 1 rings (SSSR count). The van der Waals surface area contributed by atoms with Crippen molar-refractivity contribution < 1.29 is 14.6 Å². The minimum Gasteiger partial charge on any atom is -0.496 e. The molecule has 0 aliphatic carbocycles. The van der Waals surface area contributed by atoms with Crippen LogP contribution >= 0.6 is 0 Å². The summed E-state index contributed by atoms with van der Waals surface area (Å²) in [4.78, 5) is 12.6. The zero-order chi connectivity index (χ0) is 14.4. The van der Waals surface area contributed by atoms with Crippen molar-refractivity contribution in [2.45, 2.75) is 19.9 Å². The van der Waals surface area contributed by atoms with Gasteiger partial charge >= 0.3 is 5.97 Å². The average molecular weight is 261 g/mol. The highest BCUT2D eigenvalue weighted by molar-refractivity contribution is 5.69. The fraction of sp³-hybridized carbons (Fsp3) is 0.400. The first kappa shape index (κ1) is 15.1. The summed E-state index contributed by atoms with van der Waals surface area (Å²) in [6, 6.07) is 5.71. The second kappa shape index (κ2) is 6.81. The minimum atomic E-state index is -0.895. The van der Waals surface area contributed by atoms with Gasteiger partial charge in [0.25, 0.3) is 0 Å². The molecule has 1 aromatic rings. The number of ether oxygens (including phenoxy) is 1. The molecule has 0 saturated heterocycles. The van der Waals surface area contributed by atoms with E-state index in [1.807, 2.05) is 32.0 Å². The summed E-state index contributed by atoms with van der Waals surface area (Å²) in [6.07, 6.45) is 5.31. The number of rotatable bonds is 6. The van der Waals surface area contributed by atoms with Crippen LogP contribution in [0.25, 0.3) is 0 Å². The highest BCUT2D eigenvalue weighted by Gasteiger charge is 2.20. The third kappa shape index (κ3) is 4.01. The van der Waals surface area contributed by atoms with Gasteiger partial charge in [0.05, 0.1) is 20.2 Å². The van der Waals surface area contributed by atoms with E-state index in [0.29, 0.717) is 0 Å². The van der Waals surface area contributed by atoms with Crippen molar-refractivity contribution in [1.82, 2.24) is 4.90 Å². The summed E-state index contributed by atoms with van der Waals surface area (Å²) >= 11 is 0. The van der Waals surface area contributed by atoms with Crippen molar-refractivity contribution in [1.29, 1.82) is 0 Å². The molecular weight excluding hydrogens is 242 g/mol. The standard InChI is InChI=1S/C15H19NO3/c1-5-8-16(10-15(17)18)12(3)13-9-11(2)6-7-14(13)19-4/h1,6-7,9,12H,8,10H2,2-4H3,(H,17,18). The van der Waals surface area contributed by atoms with E-state index >= 15 is 0 Å². The van der Waals surface area contributed by atoms with Crippen molar-refractivity contribution >= 4 is 5.97 Å². The second-order valence-corrected chi connectivity index (χ2v) is 4.42. The number of benzene rings is 1. The molecule has 1 unspecified atom stereocenters. The number of nitrogens with zero attached hydrogens (tertiary/aromatic N) is 1. The van der Waals surface area contributed by atoms with Crippen LogP contribution in [0.3, 0.4) is 0 Å². The first-order valence-corrected chi connectivity index (χ1v) is 6.03. The molecule has 1 N–H and O–H groups in total. The predicted molar refractivity (Wildman–Crippen MR) is 74.2 cm³/mol. The molecule has 0 radical (unpaired) electrons. The molecular formula is C15H19NO3. The largest absolute Gasteiger partial charge is 0.496 e. The molecule has 0 spiro atoms. The predicted octanol–water partition coefficient (Wildman–Crippen LogP) is 2.08. The Kier molecular flexibility index (Phi) is 5.40. The summed E-state index contributed by atoms with van der Waals surface area (Å²) < 4.78 is 5.33. The molecule has 102 valence electrons. The Hall–Kier alpha value is -1.99. The summed E-state index contributed by atoms with van der Waals surface area (Å²) in [7, 11) is 1.60. The van der Waals surface area contributed by atoms with E-state index in [-0.39, 0.29) is 19.1 Å². The molecule has 19 heavy (non-hydrogen) atoms. The number of methoxy groups -OCH3 is 1. The summed E-state index contributed by atoms with van der Waals surface area (Å²) in [5.74, 6) is 2.34. The highest BCUT2D eigenvalue weighted by Crippen LogP contribution is 2.29. The van der Waals surface area contributed by atoms with E-state index in [1.54, 1.807) is 12.0 Å². The number of hydrogen-bond donors (Lipinski definition) is 1. The maximum Gasteiger partial charge on any atom is 0.317 e. The van der Waals surface area contributed by atoms with Crippen molar-refractivity contribution in [3.63, 3.8) is 0 Å². The number of carboxylic acids is 1. The number of carboxylic acid groups (broad SMARTS) is 1. The topological polar surface area (TPSA) is 49.8 Å². The van der Waals surface area contributed by atoms with E-state index in [2.05, 4.69) is 5.92 Å². The van der Waals surface area contributed by atoms with Crippen LogP contribution in [0, 0.1) is 19.3 Å². The number of carbonyl (C=O) groups is 1. The molecule has 4 nitrogen and oxygen atoms in total. The summed E-state index contributed by atoms with van der Waals surface area (Å²) in [5, 5.41) is 8.95. The molecule has 0 bridgehead atoms. The SMILES string of the molecule is C#CCN(CC(=O)O)C(C)c1cc(C)ccc1OC. The second-order valence-electron chi connectivity index (χ2n) is 4.42. The van der Waals surface area contributed by atoms with Gasteiger partial charge in [0, 0.05) is 11.6 Å². The fourth-order valence-corrected chi connectivity index (χ4v) is 2.00. The van der Waals surface area contributed by atoms with Gasteiger partial charge in [-0.1, -0.05) is 23.6 Å². The molecule has 0 fully saturated rings. The van der Waals surface area contributed by atoms with Gasteiger partial charge in [0.1, 0.15) is 5.75 Å². The van der Waals surface area contributed by atoms with Crippen LogP contribution in [0.15, 0.2) is 18.2 Å². The van der Waals surface area contributed by atoms with Crippen LogP contribution < -0.4 is 4.74 Å². The van der Waals surface area contributed by atoms with Gasteiger partial charge in [-0.2, -0.15) is 0 Å². The van der Waals surface area contributed by atoms with Crippen LogP contribution in [0.1, 0.15) is 24.1 Å². The Bertz CT molecular complexity index is 491. The Labute approximate surface area is 114 Å². The van der Waals surface area contributed by atoms with Crippen LogP contribution in [-0.2, 0) is 4.79 Å². The Morgan fingerprint density at radius 3 is 2.79 bits per heavy atom. The Balaban J connectivity index is 3.07. The molecule has 4 heteroatoms. The summed E-state index contributed by atoms with van der Waals surface area (Å²) in [6.45, 7) is 4.10. The van der Waals surface area contributed by atoms with Gasteiger partial charge in [-0.25, -0.2) is 0 Å². The molecule has 0 amide bonds. The smallest absolute Gasteiger partial charge is 0.317 e. The number of terminal acetylenes is 1. The first-order chi connectivity index (χ1) is 8.99. The van der Waals surface area contributed by atoms with E-state index < -0.39 is 5.97 Å². The Morgan fingerprint density at radius 1 is 1.58 bits per heavy atom. The monoisotopic (exact) mass is 261 g/mol. The first-order valence-electron chi connectivity index (χ1n) is 6.03. The van der Waals surface area contributed by atoms with Crippen molar-refractivity contribution in [2.75, 3.05) is 20.2 Å². The summed E-state index contributed by atoms with van der Waals surface area (Å²) in [5.41, 5.74) is 2.04. The quantitative estimate of drug-likeness (QED) is 0.797. The third-order valence-corrected chi connectivity index (χ3v) is 3.02. The maximum absolute atomic E-state index is 10.9. The van der Waals surface area contributed by atoms with Gasteiger partial charge in [-0.3, -0.25) is 9.69 Å². The molecule has 0 saturated carbocycles. The van der Waals surface area contributed by atoms with E-state index in [4.69, 9.17) is 16.3 Å². The number of aliphatic carboxylic acids is 1. The van der Waals surface area contributed by atoms with Gasteiger partial charge in [-0.15, -0.1) is 6.42 Å². The van der Waals surface area contributed by atoms with Gasteiger partial charge in [0.2, 0.25) is 0 Å². The average Bonchev–Trinajstić information content (AvgIpc) is 2.37. The fourth-order valence-electron chi connectivity index (χ4n) is 2.00. The van der Waals surface area contributed by atoms with Gasteiger partial charge in [-0.05, 0) is 19.9 Å². The van der Waals surface area contributed by atoms with E-state index in [0.717, 1.165) is 16.9 Å². The lowest BCUT2D eigenvalue weighted by molar-refractivity contribution is -0.138. The molecule has 1 aromatic carbocycles. The van der Waals surface area contributed by atoms with Crippen LogP contribution in [0.4, 0.5) is 0 Å². The lowest BCUT2D eigenvalue weighted by atomic mass is 10.0. The zero-order valence-corrected chi connectivity index (χ0v) is 11.5. The third-order valence-electron chi connectivity index (χ3n) is 3.02.